The summed E-state index contributed by atoms with van der Waals surface area (Å²) in [4.78, 5) is 26.6. The number of nitrogens with one attached hydrogen (secondary N) is 2. The number of aryl methyl sites for hydroxylation is 1. The van der Waals surface area contributed by atoms with Crippen molar-refractivity contribution in [2.75, 3.05) is 10.6 Å². The van der Waals surface area contributed by atoms with Crippen molar-refractivity contribution in [1.29, 1.82) is 0 Å². The fourth-order valence-electron chi connectivity index (χ4n) is 2.66. The Balaban J connectivity index is 1.66. The first-order valence-electron chi connectivity index (χ1n) is 9.05. The predicted octanol–water partition coefficient (Wildman–Crippen LogP) is 5.82. The number of rotatable bonds is 7. The second-order valence-corrected chi connectivity index (χ2v) is 8.50. The number of carbonyl (C=O) groups excluding carboxylic acids is 2. The molecule has 4 nitrogen and oxygen atoms in total. The highest BCUT2D eigenvalue weighted by atomic mass is 32.2. The van der Waals surface area contributed by atoms with Crippen LogP contribution in [0.1, 0.15) is 28.6 Å². The average molecular weight is 411 g/mol. The Morgan fingerprint density at radius 1 is 1.04 bits per heavy atom. The molecule has 3 aromatic rings. The van der Waals surface area contributed by atoms with Gasteiger partial charge in [0.2, 0.25) is 5.91 Å². The maximum atomic E-state index is 12.7. The molecular weight excluding hydrogens is 388 g/mol. The predicted molar refractivity (Wildman–Crippen MR) is 118 cm³/mol. The van der Waals surface area contributed by atoms with E-state index in [1.165, 1.54) is 23.1 Å². The number of para-hydroxylation sites is 1. The summed E-state index contributed by atoms with van der Waals surface area (Å²) in [7, 11) is 0. The minimum atomic E-state index is -0.220. The zero-order valence-electron chi connectivity index (χ0n) is 15.8. The third kappa shape index (κ3) is 5.24. The van der Waals surface area contributed by atoms with E-state index in [1.807, 2.05) is 73.8 Å². The monoisotopic (exact) mass is 410 g/mol. The molecule has 144 valence electrons. The van der Waals surface area contributed by atoms with Crippen LogP contribution in [0.15, 0.2) is 70.9 Å². The Labute approximate surface area is 173 Å². The number of carbonyl (C=O) groups is 2. The molecule has 1 aromatic heterocycles. The molecule has 2 amide bonds. The maximum Gasteiger partial charge on any atom is 0.265 e. The lowest BCUT2D eigenvalue weighted by Gasteiger charge is -2.16. The van der Waals surface area contributed by atoms with Crippen LogP contribution in [0, 0.1) is 6.92 Å². The summed E-state index contributed by atoms with van der Waals surface area (Å²) in [5.41, 5.74) is 2.59. The molecule has 2 aromatic carbocycles. The van der Waals surface area contributed by atoms with Gasteiger partial charge in [-0.2, -0.15) is 0 Å². The number of thioether (sulfide) groups is 1. The van der Waals surface area contributed by atoms with E-state index in [9.17, 15) is 9.59 Å². The molecule has 1 heterocycles. The van der Waals surface area contributed by atoms with Crippen LogP contribution in [0.3, 0.4) is 0 Å². The third-order valence-electron chi connectivity index (χ3n) is 4.18. The molecule has 0 bridgehead atoms. The quantitative estimate of drug-likeness (QED) is 0.483. The Hall–Kier alpha value is -2.57. The SMILES string of the molecule is CCC(Sc1cccc(NC(=O)c2cccs2)c1)C(=O)Nc1ccccc1C. The zero-order valence-corrected chi connectivity index (χ0v) is 17.4. The minimum Gasteiger partial charge on any atom is -0.325 e. The van der Waals surface area contributed by atoms with Gasteiger partial charge in [0.25, 0.3) is 5.91 Å². The van der Waals surface area contributed by atoms with Gasteiger partial charge in [0.05, 0.1) is 10.1 Å². The molecule has 2 N–H and O–H groups in total. The van der Waals surface area contributed by atoms with Crippen molar-refractivity contribution in [2.24, 2.45) is 0 Å². The lowest BCUT2D eigenvalue weighted by atomic mass is 10.2. The summed E-state index contributed by atoms with van der Waals surface area (Å²) in [6.07, 6.45) is 0.703. The fourth-order valence-corrected chi connectivity index (χ4v) is 4.29. The molecule has 0 saturated heterocycles. The Bertz CT molecular complexity index is 955. The lowest BCUT2D eigenvalue weighted by molar-refractivity contribution is -0.115. The first kappa shape index (κ1) is 20.2. The molecule has 1 unspecified atom stereocenters. The van der Waals surface area contributed by atoms with Crippen LogP contribution in [-0.2, 0) is 4.79 Å². The Morgan fingerprint density at radius 2 is 1.86 bits per heavy atom. The molecule has 28 heavy (non-hydrogen) atoms. The topological polar surface area (TPSA) is 58.2 Å². The van der Waals surface area contributed by atoms with E-state index in [-0.39, 0.29) is 17.1 Å². The highest BCUT2D eigenvalue weighted by Gasteiger charge is 2.19. The van der Waals surface area contributed by atoms with Crippen LogP contribution >= 0.6 is 23.1 Å². The molecule has 3 rings (SSSR count). The average Bonchev–Trinajstić information content (AvgIpc) is 3.23. The van der Waals surface area contributed by atoms with E-state index in [0.29, 0.717) is 11.3 Å². The van der Waals surface area contributed by atoms with E-state index < -0.39 is 0 Å². The standard InChI is InChI=1S/C22H22N2O2S2/c1-3-19(21(25)24-18-11-5-4-8-15(18)2)28-17-10-6-9-16(14-17)23-22(26)20-12-7-13-27-20/h4-14,19H,3H2,1-2H3,(H,23,26)(H,24,25). The van der Waals surface area contributed by atoms with E-state index >= 15 is 0 Å². The van der Waals surface area contributed by atoms with Crippen LogP contribution < -0.4 is 10.6 Å². The van der Waals surface area contributed by atoms with Gasteiger partial charge < -0.3 is 10.6 Å². The van der Waals surface area contributed by atoms with Crippen LogP contribution in [0.25, 0.3) is 0 Å². The van der Waals surface area contributed by atoms with Gasteiger partial charge in [0.15, 0.2) is 0 Å². The van der Waals surface area contributed by atoms with E-state index in [2.05, 4.69) is 10.6 Å². The van der Waals surface area contributed by atoms with Gasteiger partial charge in [-0.3, -0.25) is 9.59 Å². The van der Waals surface area contributed by atoms with E-state index in [0.717, 1.165) is 21.8 Å². The summed E-state index contributed by atoms with van der Waals surface area (Å²) < 4.78 is 0. The Morgan fingerprint density at radius 3 is 2.57 bits per heavy atom. The molecule has 0 aliphatic heterocycles. The molecule has 0 spiro atoms. The molecule has 0 fully saturated rings. The van der Waals surface area contributed by atoms with Crippen molar-refractivity contribution in [3.8, 4) is 0 Å². The first-order valence-corrected chi connectivity index (χ1v) is 10.8. The highest BCUT2D eigenvalue weighted by Crippen LogP contribution is 2.29. The first-order chi connectivity index (χ1) is 13.6. The van der Waals surface area contributed by atoms with Crippen molar-refractivity contribution in [3.63, 3.8) is 0 Å². The van der Waals surface area contributed by atoms with Gasteiger partial charge in [-0.05, 0) is 54.6 Å². The fraction of sp³-hybridized carbons (Fsp3) is 0.182. The van der Waals surface area contributed by atoms with E-state index in [1.54, 1.807) is 6.07 Å². The molecular formula is C22H22N2O2S2. The number of amides is 2. The largest absolute Gasteiger partial charge is 0.325 e. The summed E-state index contributed by atoms with van der Waals surface area (Å²) in [6, 6.07) is 19.0. The smallest absolute Gasteiger partial charge is 0.265 e. The number of benzene rings is 2. The molecule has 0 saturated carbocycles. The van der Waals surface area contributed by atoms with Gasteiger partial charge >= 0.3 is 0 Å². The summed E-state index contributed by atoms with van der Waals surface area (Å²) >= 11 is 2.90. The Kier molecular flexibility index (Phi) is 6.90. The summed E-state index contributed by atoms with van der Waals surface area (Å²) in [6.45, 7) is 3.97. The number of hydrogen-bond donors (Lipinski definition) is 2. The van der Waals surface area contributed by atoms with Crippen molar-refractivity contribution < 1.29 is 9.59 Å². The maximum absolute atomic E-state index is 12.7. The molecule has 0 aliphatic rings. The van der Waals surface area contributed by atoms with Gasteiger partial charge in [-0.15, -0.1) is 23.1 Å². The van der Waals surface area contributed by atoms with Crippen molar-refractivity contribution in [2.45, 2.75) is 30.4 Å². The number of hydrogen-bond acceptors (Lipinski definition) is 4. The highest BCUT2D eigenvalue weighted by molar-refractivity contribution is 8.00. The normalized spacial score (nSPS) is 11.6. The number of anilines is 2. The number of thiophene rings is 1. The zero-order chi connectivity index (χ0) is 19.9. The second kappa shape index (κ2) is 9.57. The van der Waals surface area contributed by atoms with Crippen LogP contribution in [-0.4, -0.2) is 17.1 Å². The molecule has 1 atom stereocenters. The van der Waals surface area contributed by atoms with Crippen molar-refractivity contribution in [1.82, 2.24) is 0 Å². The molecule has 0 aliphatic carbocycles. The molecule has 6 heteroatoms. The van der Waals surface area contributed by atoms with Crippen LogP contribution in [0.2, 0.25) is 0 Å². The van der Waals surface area contributed by atoms with Crippen LogP contribution in [0.4, 0.5) is 11.4 Å². The second-order valence-electron chi connectivity index (χ2n) is 6.28. The van der Waals surface area contributed by atoms with Gasteiger partial charge in [0, 0.05) is 16.3 Å². The van der Waals surface area contributed by atoms with E-state index in [4.69, 9.17) is 0 Å². The van der Waals surface area contributed by atoms with Crippen molar-refractivity contribution in [3.05, 3.63) is 76.5 Å². The van der Waals surface area contributed by atoms with Gasteiger partial charge in [-0.25, -0.2) is 0 Å². The third-order valence-corrected chi connectivity index (χ3v) is 6.41. The van der Waals surface area contributed by atoms with Crippen LogP contribution in [0.5, 0.6) is 0 Å². The van der Waals surface area contributed by atoms with Gasteiger partial charge in [-0.1, -0.05) is 37.3 Å². The summed E-state index contributed by atoms with van der Waals surface area (Å²) in [5.74, 6) is -0.142. The minimum absolute atomic E-state index is 0.0187. The lowest BCUT2D eigenvalue weighted by Crippen LogP contribution is -2.24. The molecule has 0 radical (unpaired) electrons. The van der Waals surface area contributed by atoms with Gasteiger partial charge in [0.1, 0.15) is 0 Å². The van der Waals surface area contributed by atoms with Crippen molar-refractivity contribution >= 4 is 46.3 Å². The summed E-state index contributed by atoms with van der Waals surface area (Å²) in [5, 5.41) is 7.58.